The summed E-state index contributed by atoms with van der Waals surface area (Å²) in [5.74, 6) is -0.379. The smallest absolute Gasteiger partial charge is 0.248 e. The van der Waals surface area contributed by atoms with E-state index >= 15 is 0 Å². The number of amides is 1. The Morgan fingerprint density at radius 3 is 2.23 bits per heavy atom. The molecule has 1 unspecified atom stereocenters. The van der Waals surface area contributed by atoms with Gasteiger partial charge in [0.1, 0.15) is 6.04 Å². The monoisotopic (exact) mass is 394 g/mol. The topological polar surface area (TPSA) is 66.5 Å². The Kier molecular flexibility index (Phi) is 6.31. The zero-order valence-electron chi connectivity index (χ0n) is 15.3. The number of rotatable bonds is 6. The van der Waals surface area contributed by atoms with E-state index in [1.165, 1.54) is 0 Å². The van der Waals surface area contributed by atoms with Crippen LogP contribution in [0.4, 0.5) is 11.4 Å². The molecular formula is C19H23ClN2O3S. The first-order valence-electron chi connectivity index (χ1n) is 8.26. The summed E-state index contributed by atoms with van der Waals surface area (Å²) in [5.41, 5.74) is 3.21. The molecule has 0 heterocycles. The van der Waals surface area contributed by atoms with Crippen LogP contribution < -0.4 is 9.62 Å². The molecule has 2 aromatic rings. The number of carbonyl (C=O) groups is 1. The minimum atomic E-state index is -3.66. The molecule has 140 valence electrons. The lowest BCUT2D eigenvalue weighted by Gasteiger charge is -2.30. The highest BCUT2D eigenvalue weighted by Gasteiger charge is 2.31. The number of benzene rings is 2. The number of carbonyl (C=O) groups excluding carboxylic acids is 1. The molecule has 7 heteroatoms. The summed E-state index contributed by atoms with van der Waals surface area (Å²) >= 11 is 5.89. The van der Waals surface area contributed by atoms with Gasteiger partial charge in [-0.15, -0.1) is 0 Å². The third-order valence-corrected chi connectivity index (χ3v) is 5.62. The summed E-state index contributed by atoms with van der Waals surface area (Å²) in [4.78, 5) is 12.8. The third kappa shape index (κ3) is 4.77. The second-order valence-electron chi connectivity index (χ2n) is 6.25. The maximum atomic E-state index is 12.8. The van der Waals surface area contributed by atoms with Crippen molar-refractivity contribution >= 4 is 38.9 Å². The molecule has 5 nitrogen and oxygen atoms in total. The molecule has 0 radical (unpaired) electrons. The molecule has 2 rings (SSSR count). The van der Waals surface area contributed by atoms with E-state index in [4.69, 9.17) is 11.6 Å². The summed E-state index contributed by atoms with van der Waals surface area (Å²) in [7, 11) is -3.66. The van der Waals surface area contributed by atoms with Crippen molar-refractivity contribution < 1.29 is 13.2 Å². The summed E-state index contributed by atoms with van der Waals surface area (Å²) in [6.45, 7) is 5.72. The van der Waals surface area contributed by atoms with Crippen LogP contribution in [0, 0.1) is 13.8 Å². The Hall–Kier alpha value is -2.05. The second-order valence-corrected chi connectivity index (χ2v) is 8.54. The fraction of sp³-hybridized carbons (Fsp3) is 0.316. The Balaban J connectivity index is 2.36. The molecule has 0 aliphatic heterocycles. The zero-order chi connectivity index (χ0) is 19.5. The maximum absolute atomic E-state index is 12.8. The molecule has 26 heavy (non-hydrogen) atoms. The predicted molar refractivity (Wildman–Crippen MR) is 107 cm³/mol. The second kappa shape index (κ2) is 8.10. The van der Waals surface area contributed by atoms with E-state index < -0.39 is 16.1 Å². The molecule has 0 spiro atoms. The molecule has 0 bridgehead atoms. The first-order chi connectivity index (χ1) is 12.1. The van der Waals surface area contributed by atoms with E-state index in [0.717, 1.165) is 21.7 Å². The molecule has 0 aromatic heterocycles. The van der Waals surface area contributed by atoms with Gasteiger partial charge in [-0.3, -0.25) is 9.10 Å². The molecule has 1 N–H and O–H groups in total. The summed E-state index contributed by atoms with van der Waals surface area (Å²) in [5, 5.41) is 3.32. The minimum absolute atomic E-state index is 0.326. The highest BCUT2D eigenvalue weighted by atomic mass is 35.5. The van der Waals surface area contributed by atoms with Crippen molar-refractivity contribution in [3.63, 3.8) is 0 Å². The number of anilines is 2. The van der Waals surface area contributed by atoms with Crippen molar-refractivity contribution in [2.24, 2.45) is 0 Å². The minimum Gasteiger partial charge on any atom is -0.324 e. The van der Waals surface area contributed by atoms with Crippen molar-refractivity contribution in [2.75, 3.05) is 15.9 Å². The molecule has 0 saturated carbocycles. The molecule has 2 aromatic carbocycles. The quantitative estimate of drug-likeness (QED) is 0.800. The van der Waals surface area contributed by atoms with Gasteiger partial charge in [-0.25, -0.2) is 8.42 Å². The number of nitrogens with zero attached hydrogens (tertiary/aromatic N) is 1. The first-order valence-corrected chi connectivity index (χ1v) is 10.5. The fourth-order valence-electron chi connectivity index (χ4n) is 2.69. The van der Waals surface area contributed by atoms with Crippen molar-refractivity contribution in [3.05, 3.63) is 58.6 Å². The van der Waals surface area contributed by atoms with Crippen LogP contribution in [0.15, 0.2) is 42.5 Å². The maximum Gasteiger partial charge on any atom is 0.248 e. The summed E-state index contributed by atoms with van der Waals surface area (Å²) in [6, 6.07) is 11.1. The van der Waals surface area contributed by atoms with Gasteiger partial charge in [0.05, 0.1) is 11.9 Å². The Morgan fingerprint density at radius 2 is 1.73 bits per heavy atom. The first kappa shape index (κ1) is 20.3. The van der Waals surface area contributed by atoms with Crippen molar-refractivity contribution in [3.8, 4) is 0 Å². The molecule has 0 saturated heterocycles. The number of sulfonamides is 1. The lowest BCUT2D eigenvalue weighted by molar-refractivity contribution is -0.117. The lowest BCUT2D eigenvalue weighted by Crippen LogP contribution is -2.47. The van der Waals surface area contributed by atoms with Crippen LogP contribution in [0.1, 0.15) is 24.5 Å². The van der Waals surface area contributed by atoms with Crippen LogP contribution >= 0.6 is 11.6 Å². The average molecular weight is 395 g/mol. The van der Waals surface area contributed by atoms with Gasteiger partial charge in [-0.05, 0) is 67.8 Å². The largest absolute Gasteiger partial charge is 0.324 e. The molecule has 1 atom stereocenters. The molecule has 1 amide bonds. The van der Waals surface area contributed by atoms with E-state index in [2.05, 4.69) is 5.32 Å². The van der Waals surface area contributed by atoms with Crippen molar-refractivity contribution in [1.29, 1.82) is 0 Å². The third-order valence-electron chi connectivity index (χ3n) is 4.19. The SMILES string of the molecule is CCC(C(=O)Nc1ccc(C)c(C)c1)N(c1ccc(Cl)cc1)S(C)(=O)=O. The van der Waals surface area contributed by atoms with Gasteiger partial charge in [0.2, 0.25) is 15.9 Å². The number of hydrogen-bond acceptors (Lipinski definition) is 3. The van der Waals surface area contributed by atoms with Gasteiger partial charge in [0.25, 0.3) is 0 Å². The van der Waals surface area contributed by atoms with Crippen LogP contribution in [0.5, 0.6) is 0 Å². The van der Waals surface area contributed by atoms with E-state index in [9.17, 15) is 13.2 Å². The fourth-order valence-corrected chi connectivity index (χ4v) is 4.03. The van der Waals surface area contributed by atoms with Gasteiger partial charge >= 0.3 is 0 Å². The standard InChI is InChI=1S/C19H23ClN2O3S/c1-5-18(19(23)21-16-9-6-13(2)14(3)12-16)22(26(4,24)25)17-10-7-15(20)8-11-17/h6-12,18H,5H2,1-4H3,(H,21,23). The molecular weight excluding hydrogens is 372 g/mol. The van der Waals surface area contributed by atoms with Crippen LogP contribution in [-0.2, 0) is 14.8 Å². The average Bonchev–Trinajstić information content (AvgIpc) is 2.56. The van der Waals surface area contributed by atoms with Gasteiger partial charge in [0.15, 0.2) is 0 Å². The van der Waals surface area contributed by atoms with Crippen LogP contribution in [0.3, 0.4) is 0 Å². The van der Waals surface area contributed by atoms with Crippen LogP contribution in [-0.4, -0.2) is 26.6 Å². The number of nitrogens with one attached hydrogen (secondary N) is 1. The van der Waals surface area contributed by atoms with Crippen molar-refractivity contribution in [1.82, 2.24) is 0 Å². The summed E-state index contributed by atoms with van der Waals surface area (Å²) in [6.07, 6.45) is 1.42. The van der Waals surface area contributed by atoms with Crippen molar-refractivity contribution in [2.45, 2.75) is 33.2 Å². The van der Waals surface area contributed by atoms with Gasteiger partial charge in [0, 0.05) is 10.7 Å². The van der Waals surface area contributed by atoms with E-state index in [1.54, 1.807) is 37.3 Å². The van der Waals surface area contributed by atoms with Crippen LogP contribution in [0.25, 0.3) is 0 Å². The summed E-state index contributed by atoms with van der Waals surface area (Å²) < 4.78 is 25.9. The molecule has 0 aliphatic carbocycles. The Bertz CT molecular complexity index is 896. The lowest BCUT2D eigenvalue weighted by atomic mass is 10.1. The number of hydrogen-bond donors (Lipinski definition) is 1. The van der Waals surface area contributed by atoms with Gasteiger partial charge < -0.3 is 5.32 Å². The zero-order valence-corrected chi connectivity index (χ0v) is 16.9. The number of aryl methyl sites for hydroxylation is 2. The Labute approximate surface area is 160 Å². The van der Waals surface area contributed by atoms with Gasteiger partial charge in [-0.2, -0.15) is 0 Å². The Morgan fingerprint density at radius 1 is 1.12 bits per heavy atom. The predicted octanol–water partition coefficient (Wildman–Crippen LogP) is 4.14. The molecule has 0 aliphatic rings. The molecule has 0 fully saturated rings. The van der Waals surface area contributed by atoms with E-state index in [0.29, 0.717) is 22.8 Å². The van der Waals surface area contributed by atoms with E-state index in [1.807, 2.05) is 26.0 Å². The van der Waals surface area contributed by atoms with Crippen LogP contribution in [0.2, 0.25) is 5.02 Å². The van der Waals surface area contributed by atoms with Gasteiger partial charge in [-0.1, -0.05) is 24.6 Å². The number of halogens is 1. The highest BCUT2D eigenvalue weighted by molar-refractivity contribution is 7.92. The van der Waals surface area contributed by atoms with E-state index in [-0.39, 0.29) is 5.91 Å². The highest BCUT2D eigenvalue weighted by Crippen LogP contribution is 2.25. The normalized spacial score (nSPS) is 12.5.